The standard InChI is InChI=1S/C15H17N3O4/c1-9(19)16-6-11-7-22-8-14-17-12-5-10(15(20)21-2)3-4-13(12)18(11)14/h3-5,11H,6-8H2,1-2H3,(H,16,19)/t11-/m0/s1. The van der Waals surface area contributed by atoms with Gasteiger partial charge in [0.1, 0.15) is 12.4 Å². The first-order valence-electron chi connectivity index (χ1n) is 7.01. The summed E-state index contributed by atoms with van der Waals surface area (Å²) >= 11 is 0. The Morgan fingerprint density at radius 3 is 3.05 bits per heavy atom. The van der Waals surface area contributed by atoms with Crippen molar-refractivity contribution in [2.75, 3.05) is 20.3 Å². The molecule has 1 aromatic heterocycles. The third-order valence-electron chi connectivity index (χ3n) is 3.68. The summed E-state index contributed by atoms with van der Waals surface area (Å²) in [6, 6.07) is 5.27. The van der Waals surface area contributed by atoms with Crippen molar-refractivity contribution in [3.05, 3.63) is 29.6 Å². The first-order chi connectivity index (χ1) is 10.6. The van der Waals surface area contributed by atoms with E-state index >= 15 is 0 Å². The molecule has 2 aromatic rings. The number of hydrogen-bond donors (Lipinski definition) is 1. The lowest BCUT2D eigenvalue weighted by atomic mass is 10.2. The molecule has 1 aliphatic rings. The van der Waals surface area contributed by atoms with E-state index in [0.717, 1.165) is 16.9 Å². The molecule has 1 aliphatic heterocycles. The van der Waals surface area contributed by atoms with Crippen LogP contribution in [0.2, 0.25) is 0 Å². The molecular formula is C15H17N3O4. The van der Waals surface area contributed by atoms with E-state index in [0.29, 0.717) is 25.3 Å². The molecule has 7 heteroatoms. The highest BCUT2D eigenvalue weighted by Gasteiger charge is 2.24. The molecule has 0 saturated carbocycles. The molecule has 0 unspecified atom stereocenters. The van der Waals surface area contributed by atoms with Gasteiger partial charge in [0.2, 0.25) is 5.91 Å². The summed E-state index contributed by atoms with van der Waals surface area (Å²) in [5, 5.41) is 2.81. The minimum Gasteiger partial charge on any atom is -0.465 e. The predicted molar refractivity (Wildman–Crippen MR) is 78.4 cm³/mol. The number of hydrogen-bond acceptors (Lipinski definition) is 5. The van der Waals surface area contributed by atoms with E-state index in [9.17, 15) is 9.59 Å². The average molecular weight is 303 g/mol. The molecule has 2 heterocycles. The molecule has 1 atom stereocenters. The molecule has 0 saturated heterocycles. The van der Waals surface area contributed by atoms with Gasteiger partial charge in [-0.3, -0.25) is 4.79 Å². The number of benzene rings is 1. The molecule has 0 fully saturated rings. The van der Waals surface area contributed by atoms with Crippen LogP contribution in [0.25, 0.3) is 11.0 Å². The molecule has 0 bridgehead atoms. The molecule has 116 valence electrons. The quantitative estimate of drug-likeness (QED) is 0.856. The summed E-state index contributed by atoms with van der Waals surface area (Å²) < 4.78 is 12.3. The summed E-state index contributed by atoms with van der Waals surface area (Å²) in [6.07, 6.45) is 0. The van der Waals surface area contributed by atoms with Crippen LogP contribution in [0.15, 0.2) is 18.2 Å². The summed E-state index contributed by atoms with van der Waals surface area (Å²) in [5.41, 5.74) is 2.10. The van der Waals surface area contributed by atoms with Crippen molar-refractivity contribution in [1.29, 1.82) is 0 Å². The van der Waals surface area contributed by atoms with Crippen LogP contribution in [0.1, 0.15) is 29.1 Å². The molecule has 22 heavy (non-hydrogen) atoms. The van der Waals surface area contributed by atoms with Crippen molar-refractivity contribution in [2.45, 2.75) is 19.6 Å². The zero-order valence-electron chi connectivity index (χ0n) is 12.5. The summed E-state index contributed by atoms with van der Waals surface area (Å²) in [7, 11) is 1.35. The predicted octanol–water partition coefficient (Wildman–Crippen LogP) is 1.03. The maximum Gasteiger partial charge on any atom is 0.337 e. The van der Waals surface area contributed by atoms with Crippen molar-refractivity contribution in [2.24, 2.45) is 0 Å². The van der Waals surface area contributed by atoms with Gasteiger partial charge in [-0.25, -0.2) is 9.78 Å². The fourth-order valence-electron chi connectivity index (χ4n) is 2.68. The second-order valence-electron chi connectivity index (χ2n) is 5.20. The third kappa shape index (κ3) is 2.55. The fourth-order valence-corrected chi connectivity index (χ4v) is 2.68. The van der Waals surface area contributed by atoms with Gasteiger partial charge in [0.05, 0.1) is 36.4 Å². The van der Waals surface area contributed by atoms with Gasteiger partial charge >= 0.3 is 5.97 Å². The van der Waals surface area contributed by atoms with Gasteiger partial charge in [-0.2, -0.15) is 0 Å². The number of nitrogens with one attached hydrogen (secondary N) is 1. The number of esters is 1. The Morgan fingerprint density at radius 1 is 1.50 bits per heavy atom. The van der Waals surface area contributed by atoms with Crippen LogP contribution in [-0.4, -0.2) is 41.7 Å². The molecule has 0 radical (unpaired) electrons. The number of methoxy groups -OCH3 is 1. The van der Waals surface area contributed by atoms with Crippen molar-refractivity contribution in [3.8, 4) is 0 Å². The minimum absolute atomic E-state index is 0.0124. The molecule has 1 amide bonds. The molecular weight excluding hydrogens is 286 g/mol. The lowest BCUT2D eigenvalue weighted by Gasteiger charge is -2.26. The molecule has 3 rings (SSSR count). The van der Waals surface area contributed by atoms with Crippen LogP contribution in [0.4, 0.5) is 0 Å². The van der Waals surface area contributed by atoms with E-state index < -0.39 is 0 Å². The monoisotopic (exact) mass is 303 g/mol. The first kappa shape index (κ1) is 14.5. The highest BCUT2D eigenvalue weighted by atomic mass is 16.5. The number of nitrogens with zero attached hydrogens (tertiary/aromatic N) is 2. The Kier molecular flexibility index (Phi) is 3.81. The fraction of sp³-hybridized carbons (Fsp3) is 0.400. The zero-order chi connectivity index (χ0) is 15.7. The van der Waals surface area contributed by atoms with Crippen molar-refractivity contribution >= 4 is 22.9 Å². The zero-order valence-corrected chi connectivity index (χ0v) is 12.5. The molecule has 1 N–H and O–H groups in total. The Balaban J connectivity index is 2.00. The highest BCUT2D eigenvalue weighted by molar-refractivity contribution is 5.93. The van der Waals surface area contributed by atoms with Crippen molar-refractivity contribution < 1.29 is 19.1 Å². The van der Waals surface area contributed by atoms with E-state index in [1.807, 2.05) is 6.07 Å². The summed E-state index contributed by atoms with van der Waals surface area (Å²) in [6.45, 7) is 2.89. The smallest absolute Gasteiger partial charge is 0.337 e. The molecule has 0 aliphatic carbocycles. The largest absolute Gasteiger partial charge is 0.465 e. The highest BCUT2D eigenvalue weighted by Crippen LogP contribution is 2.26. The van der Waals surface area contributed by atoms with Gasteiger partial charge in [-0.05, 0) is 18.2 Å². The van der Waals surface area contributed by atoms with E-state index in [-0.39, 0.29) is 17.9 Å². The van der Waals surface area contributed by atoms with Gasteiger partial charge in [-0.15, -0.1) is 0 Å². The van der Waals surface area contributed by atoms with Crippen LogP contribution in [0, 0.1) is 0 Å². The van der Waals surface area contributed by atoms with Crippen LogP contribution < -0.4 is 5.32 Å². The SMILES string of the molecule is COC(=O)c1ccc2c(c1)nc1n2[C@@H](CNC(C)=O)COC1. The number of aromatic nitrogens is 2. The van der Waals surface area contributed by atoms with Crippen LogP contribution in [0.5, 0.6) is 0 Å². The maximum atomic E-state index is 11.6. The second kappa shape index (κ2) is 5.76. The topological polar surface area (TPSA) is 82.5 Å². The molecule has 1 aromatic carbocycles. The van der Waals surface area contributed by atoms with E-state index in [1.54, 1.807) is 12.1 Å². The van der Waals surface area contributed by atoms with Gasteiger partial charge in [0.25, 0.3) is 0 Å². The number of amides is 1. The normalized spacial score (nSPS) is 17.1. The van der Waals surface area contributed by atoms with E-state index in [4.69, 9.17) is 9.47 Å². The van der Waals surface area contributed by atoms with Crippen molar-refractivity contribution in [1.82, 2.24) is 14.9 Å². The van der Waals surface area contributed by atoms with Gasteiger partial charge in [-0.1, -0.05) is 0 Å². The van der Waals surface area contributed by atoms with Gasteiger partial charge in [0.15, 0.2) is 0 Å². The molecule has 0 spiro atoms. The van der Waals surface area contributed by atoms with Crippen LogP contribution in [0.3, 0.4) is 0 Å². The first-order valence-corrected chi connectivity index (χ1v) is 7.01. The van der Waals surface area contributed by atoms with E-state index in [1.165, 1.54) is 14.0 Å². The summed E-state index contributed by atoms with van der Waals surface area (Å²) in [4.78, 5) is 27.3. The Morgan fingerprint density at radius 2 is 2.32 bits per heavy atom. The van der Waals surface area contributed by atoms with E-state index in [2.05, 4.69) is 14.9 Å². The average Bonchev–Trinajstić information content (AvgIpc) is 2.90. The number of fused-ring (bicyclic) bond motifs is 3. The number of carbonyl (C=O) groups is 2. The van der Waals surface area contributed by atoms with Crippen LogP contribution in [-0.2, 0) is 20.9 Å². The Labute approximate surface area is 127 Å². The number of ether oxygens (including phenoxy) is 2. The Bertz CT molecular complexity index is 738. The van der Waals surface area contributed by atoms with Crippen molar-refractivity contribution in [3.63, 3.8) is 0 Å². The minimum atomic E-state index is -0.390. The summed E-state index contributed by atoms with van der Waals surface area (Å²) in [5.74, 6) is 0.321. The van der Waals surface area contributed by atoms with Gasteiger partial charge < -0.3 is 19.4 Å². The van der Waals surface area contributed by atoms with Crippen LogP contribution >= 0.6 is 0 Å². The lowest BCUT2D eigenvalue weighted by Crippen LogP contribution is -2.34. The number of rotatable bonds is 3. The third-order valence-corrected chi connectivity index (χ3v) is 3.68. The van der Waals surface area contributed by atoms with Gasteiger partial charge in [0, 0.05) is 13.5 Å². The second-order valence-corrected chi connectivity index (χ2v) is 5.20. The lowest BCUT2D eigenvalue weighted by molar-refractivity contribution is -0.119. The molecule has 7 nitrogen and oxygen atoms in total. The number of imidazole rings is 1. The maximum absolute atomic E-state index is 11.6. The Hall–Kier alpha value is -2.41. The number of carbonyl (C=O) groups excluding carboxylic acids is 2.